The molecule has 1 N–H and O–H groups in total. The van der Waals surface area contributed by atoms with Gasteiger partial charge in [0.1, 0.15) is 23.8 Å². The highest BCUT2D eigenvalue weighted by Gasteiger charge is 2.21. The second-order valence-corrected chi connectivity index (χ2v) is 11.6. The maximum Gasteiger partial charge on any atom is 0.331 e. The van der Waals surface area contributed by atoms with Crippen molar-refractivity contribution in [2.24, 2.45) is 5.16 Å². The number of nitrogens with zero attached hydrogens (tertiary/aromatic N) is 3. The second kappa shape index (κ2) is 12.3. The fourth-order valence-electron chi connectivity index (χ4n) is 3.37. The fraction of sp³-hybridized carbons (Fsp3) is 0.542. The first kappa shape index (κ1) is 29.2. The second-order valence-electron chi connectivity index (χ2n) is 8.94. The minimum Gasteiger partial charge on any atom is -0.496 e. The van der Waals surface area contributed by atoms with Gasteiger partial charge in [-0.2, -0.15) is 0 Å². The first-order valence-electron chi connectivity index (χ1n) is 11.6. The Labute approximate surface area is 209 Å². The predicted octanol–water partition coefficient (Wildman–Crippen LogP) is 2.25. The summed E-state index contributed by atoms with van der Waals surface area (Å²) in [6.45, 7) is 7.69. The normalized spacial score (nSPS) is 13.3. The minimum absolute atomic E-state index is 0.0398. The van der Waals surface area contributed by atoms with Crippen LogP contribution in [-0.2, 0) is 27.8 Å². The zero-order valence-corrected chi connectivity index (χ0v) is 22.2. The number of rotatable bonds is 12. The predicted molar refractivity (Wildman–Crippen MR) is 135 cm³/mol. The summed E-state index contributed by atoms with van der Waals surface area (Å²) in [7, 11) is -2.00. The van der Waals surface area contributed by atoms with E-state index in [0.717, 1.165) is 15.2 Å². The molecule has 0 radical (unpaired) electrons. The van der Waals surface area contributed by atoms with E-state index in [1.165, 1.54) is 32.4 Å². The zero-order chi connectivity index (χ0) is 27.2. The molecule has 200 valence electrons. The highest BCUT2D eigenvalue weighted by Crippen LogP contribution is 2.26. The van der Waals surface area contributed by atoms with Crippen LogP contribution in [0.3, 0.4) is 0 Å². The summed E-state index contributed by atoms with van der Waals surface area (Å²) >= 11 is 0. The standard InChI is InChI=1S/C24H34FN3O7S/c1-15(2)35-26-17(5)20-13-27(14-21(29)19-12-18(25)8-9-22(19)34-6)24(31)28(23(20)30)10-7-11-36(32,33)16(3)4/h8-9,12-13,15-16,21,29H,7,10-11,14H2,1-6H3/b26-17+. The van der Waals surface area contributed by atoms with Crippen LogP contribution >= 0.6 is 0 Å². The Morgan fingerprint density at radius 2 is 1.86 bits per heavy atom. The maximum absolute atomic E-state index is 13.8. The molecule has 1 atom stereocenters. The first-order valence-corrected chi connectivity index (χ1v) is 13.3. The topological polar surface area (TPSA) is 129 Å². The number of hydrogen-bond donors (Lipinski definition) is 1. The molecule has 0 bridgehead atoms. The molecule has 0 fully saturated rings. The molecule has 0 aliphatic rings. The van der Waals surface area contributed by atoms with E-state index in [9.17, 15) is 27.5 Å². The van der Waals surface area contributed by atoms with Crippen LogP contribution in [0.2, 0.25) is 0 Å². The molecular formula is C24H34FN3O7S. The molecule has 0 aliphatic heterocycles. The van der Waals surface area contributed by atoms with Crippen LogP contribution < -0.4 is 16.0 Å². The van der Waals surface area contributed by atoms with E-state index in [1.807, 2.05) is 0 Å². The number of benzene rings is 1. The Hall–Kier alpha value is -2.99. The van der Waals surface area contributed by atoms with Gasteiger partial charge in [-0.25, -0.2) is 17.6 Å². The number of aliphatic hydroxyl groups is 1. The number of aliphatic hydroxyl groups excluding tert-OH is 1. The van der Waals surface area contributed by atoms with Crippen LogP contribution in [0.15, 0.2) is 39.1 Å². The third-order valence-corrected chi connectivity index (χ3v) is 7.77. The van der Waals surface area contributed by atoms with Crippen molar-refractivity contribution in [2.45, 2.75) is 71.6 Å². The van der Waals surface area contributed by atoms with Gasteiger partial charge < -0.3 is 14.7 Å². The number of methoxy groups -OCH3 is 1. The molecule has 0 aliphatic carbocycles. The quantitative estimate of drug-likeness (QED) is 0.331. The Morgan fingerprint density at radius 1 is 1.19 bits per heavy atom. The molecule has 2 aromatic rings. The van der Waals surface area contributed by atoms with Gasteiger partial charge in [0.15, 0.2) is 9.84 Å². The third-order valence-electron chi connectivity index (χ3n) is 5.48. The monoisotopic (exact) mass is 527 g/mol. The Bertz CT molecular complexity index is 1310. The lowest BCUT2D eigenvalue weighted by molar-refractivity contribution is 0.0859. The summed E-state index contributed by atoms with van der Waals surface area (Å²) in [4.78, 5) is 31.6. The molecule has 12 heteroatoms. The van der Waals surface area contributed by atoms with E-state index < -0.39 is 38.3 Å². The highest BCUT2D eigenvalue weighted by molar-refractivity contribution is 7.91. The highest BCUT2D eigenvalue weighted by atomic mass is 32.2. The van der Waals surface area contributed by atoms with Gasteiger partial charge in [0, 0.05) is 18.3 Å². The lowest BCUT2D eigenvalue weighted by Gasteiger charge is -2.18. The van der Waals surface area contributed by atoms with Gasteiger partial charge in [-0.15, -0.1) is 0 Å². The van der Waals surface area contributed by atoms with Crippen molar-refractivity contribution in [2.75, 3.05) is 12.9 Å². The third kappa shape index (κ3) is 7.26. The van der Waals surface area contributed by atoms with Crippen molar-refractivity contribution in [3.8, 4) is 5.75 Å². The molecule has 36 heavy (non-hydrogen) atoms. The Morgan fingerprint density at radius 3 is 2.44 bits per heavy atom. The van der Waals surface area contributed by atoms with Crippen molar-refractivity contribution >= 4 is 15.5 Å². The SMILES string of the molecule is COc1ccc(F)cc1C(O)Cn1cc(/C(C)=N/OC(C)C)c(=O)n(CCCS(=O)(=O)C(C)C)c1=O. The number of hydrogen-bond acceptors (Lipinski definition) is 8. The lowest BCUT2D eigenvalue weighted by atomic mass is 10.1. The van der Waals surface area contributed by atoms with Crippen LogP contribution in [-0.4, -0.2) is 52.6 Å². The van der Waals surface area contributed by atoms with Crippen molar-refractivity contribution in [3.05, 3.63) is 62.2 Å². The molecule has 1 aromatic carbocycles. The average molecular weight is 528 g/mol. The molecule has 1 unspecified atom stereocenters. The molecule has 0 saturated carbocycles. The molecule has 0 spiro atoms. The lowest BCUT2D eigenvalue weighted by Crippen LogP contribution is -2.43. The number of oxime groups is 1. The number of halogens is 1. The van der Waals surface area contributed by atoms with E-state index in [1.54, 1.807) is 27.7 Å². The fourth-order valence-corrected chi connectivity index (χ4v) is 4.38. The average Bonchev–Trinajstić information content (AvgIpc) is 2.81. The van der Waals surface area contributed by atoms with Crippen molar-refractivity contribution < 1.29 is 27.5 Å². The van der Waals surface area contributed by atoms with Gasteiger partial charge in [-0.3, -0.25) is 13.9 Å². The first-order chi connectivity index (χ1) is 16.8. The van der Waals surface area contributed by atoms with E-state index in [-0.39, 0.29) is 54.0 Å². The van der Waals surface area contributed by atoms with E-state index in [0.29, 0.717) is 0 Å². The zero-order valence-electron chi connectivity index (χ0n) is 21.4. The molecular weight excluding hydrogens is 493 g/mol. The number of aromatic nitrogens is 2. The summed E-state index contributed by atoms with van der Waals surface area (Å²) in [5.74, 6) is -0.566. The molecule has 2 rings (SSSR count). The van der Waals surface area contributed by atoms with Gasteiger partial charge in [0.25, 0.3) is 5.56 Å². The number of ether oxygens (including phenoxy) is 1. The smallest absolute Gasteiger partial charge is 0.331 e. The summed E-state index contributed by atoms with van der Waals surface area (Å²) in [6, 6.07) is 3.64. The van der Waals surface area contributed by atoms with E-state index in [2.05, 4.69) is 5.16 Å². The summed E-state index contributed by atoms with van der Waals surface area (Å²) in [5, 5.41) is 14.2. The Balaban J connectivity index is 2.54. The van der Waals surface area contributed by atoms with Crippen LogP contribution in [0.1, 0.15) is 58.3 Å². The van der Waals surface area contributed by atoms with Gasteiger partial charge in [-0.1, -0.05) is 5.16 Å². The van der Waals surface area contributed by atoms with E-state index >= 15 is 0 Å². The molecule has 0 amide bonds. The van der Waals surface area contributed by atoms with Crippen molar-refractivity contribution in [3.63, 3.8) is 0 Å². The maximum atomic E-state index is 13.8. The summed E-state index contributed by atoms with van der Waals surface area (Å²) in [5.41, 5.74) is -1.05. The van der Waals surface area contributed by atoms with Gasteiger partial charge in [-0.05, 0) is 59.2 Å². The van der Waals surface area contributed by atoms with Crippen molar-refractivity contribution in [1.82, 2.24) is 9.13 Å². The van der Waals surface area contributed by atoms with Crippen LogP contribution in [0.4, 0.5) is 4.39 Å². The van der Waals surface area contributed by atoms with E-state index in [4.69, 9.17) is 9.57 Å². The number of sulfone groups is 1. The van der Waals surface area contributed by atoms with Gasteiger partial charge >= 0.3 is 5.69 Å². The minimum atomic E-state index is -3.37. The van der Waals surface area contributed by atoms with Crippen LogP contribution in [0.5, 0.6) is 5.75 Å². The molecule has 1 heterocycles. The van der Waals surface area contributed by atoms with Gasteiger partial charge in [0.2, 0.25) is 0 Å². The largest absolute Gasteiger partial charge is 0.496 e. The molecule has 1 aromatic heterocycles. The van der Waals surface area contributed by atoms with Crippen molar-refractivity contribution in [1.29, 1.82) is 0 Å². The van der Waals surface area contributed by atoms with Crippen LogP contribution in [0, 0.1) is 5.82 Å². The summed E-state index contributed by atoms with van der Waals surface area (Å²) in [6.07, 6.45) is -0.309. The summed E-state index contributed by atoms with van der Waals surface area (Å²) < 4.78 is 45.4. The Kier molecular flexibility index (Phi) is 10.00. The van der Waals surface area contributed by atoms with Gasteiger partial charge in [0.05, 0.1) is 35.9 Å². The molecule has 10 nitrogen and oxygen atoms in total. The van der Waals surface area contributed by atoms with Crippen LogP contribution in [0.25, 0.3) is 0 Å². The molecule has 0 saturated heterocycles.